The SMILES string of the molecule is C=CC(=O)Oc1ccc(C=CC(=O)Oc2ccc(CCOC(=O)C(=C)C)cc2)cc1F. The summed E-state index contributed by atoms with van der Waals surface area (Å²) in [7, 11) is 0. The van der Waals surface area contributed by atoms with Crippen LogP contribution in [0.15, 0.2) is 73.3 Å². The highest BCUT2D eigenvalue weighted by Gasteiger charge is 2.08. The van der Waals surface area contributed by atoms with Crippen LogP contribution >= 0.6 is 0 Å². The fourth-order valence-electron chi connectivity index (χ4n) is 2.28. The molecule has 0 saturated carbocycles. The summed E-state index contributed by atoms with van der Waals surface area (Å²) in [6.45, 7) is 8.54. The van der Waals surface area contributed by atoms with E-state index < -0.39 is 23.7 Å². The molecule has 0 unspecified atom stereocenters. The lowest BCUT2D eigenvalue weighted by molar-refractivity contribution is -0.139. The molecule has 6 nitrogen and oxygen atoms in total. The third-order valence-corrected chi connectivity index (χ3v) is 3.86. The van der Waals surface area contributed by atoms with Crippen LogP contribution in [0.4, 0.5) is 4.39 Å². The van der Waals surface area contributed by atoms with E-state index in [4.69, 9.17) is 14.2 Å². The number of ether oxygens (including phenoxy) is 3. The van der Waals surface area contributed by atoms with Crippen LogP contribution in [0.2, 0.25) is 0 Å². The van der Waals surface area contributed by atoms with E-state index in [9.17, 15) is 18.8 Å². The van der Waals surface area contributed by atoms with Crippen molar-refractivity contribution in [1.82, 2.24) is 0 Å². The van der Waals surface area contributed by atoms with E-state index in [0.29, 0.717) is 23.3 Å². The zero-order chi connectivity index (χ0) is 22.8. The molecule has 2 aromatic rings. The standard InChI is InChI=1S/C24H21FO6/c1-4-22(26)31-21-11-7-18(15-20(21)25)8-12-23(27)30-19-9-5-17(6-10-19)13-14-29-24(28)16(2)3/h4-12,15H,1-2,13-14H2,3H3. The maximum absolute atomic E-state index is 13.9. The normalized spacial score (nSPS) is 10.4. The molecule has 0 N–H and O–H groups in total. The van der Waals surface area contributed by atoms with Gasteiger partial charge in [-0.05, 0) is 48.4 Å². The second-order valence-electron chi connectivity index (χ2n) is 6.38. The third-order valence-electron chi connectivity index (χ3n) is 3.86. The highest BCUT2D eigenvalue weighted by atomic mass is 19.1. The Hall–Kier alpha value is -4.00. The second-order valence-corrected chi connectivity index (χ2v) is 6.38. The van der Waals surface area contributed by atoms with Gasteiger partial charge in [0.25, 0.3) is 0 Å². The van der Waals surface area contributed by atoms with Gasteiger partial charge in [-0.2, -0.15) is 0 Å². The predicted octanol–water partition coefficient (Wildman–Crippen LogP) is 4.20. The molecule has 2 aromatic carbocycles. The van der Waals surface area contributed by atoms with Crippen LogP contribution in [0.5, 0.6) is 11.5 Å². The van der Waals surface area contributed by atoms with Crippen LogP contribution in [0.25, 0.3) is 6.08 Å². The molecule has 0 amide bonds. The van der Waals surface area contributed by atoms with Gasteiger partial charge in [-0.3, -0.25) is 0 Å². The smallest absolute Gasteiger partial charge is 0.336 e. The number of halogens is 1. The van der Waals surface area contributed by atoms with Crippen molar-refractivity contribution in [3.63, 3.8) is 0 Å². The van der Waals surface area contributed by atoms with E-state index in [1.54, 1.807) is 31.2 Å². The van der Waals surface area contributed by atoms with Crippen LogP contribution in [0.1, 0.15) is 18.1 Å². The van der Waals surface area contributed by atoms with Gasteiger partial charge in [0.1, 0.15) is 5.75 Å². The quantitative estimate of drug-likeness (QED) is 0.341. The highest BCUT2D eigenvalue weighted by Crippen LogP contribution is 2.20. The van der Waals surface area contributed by atoms with Crippen molar-refractivity contribution in [2.75, 3.05) is 6.61 Å². The van der Waals surface area contributed by atoms with Crippen molar-refractivity contribution < 1.29 is 33.0 Å². The zero-order valence-electron chi connectivity index (χ0n) is 16.9. The van der Waals surface area contributed by atoms with Crippen LogP contribution in [0.3, 0.4) is 0 Å². The summed E-state index contributed by atoms with van der Waals surface area (Å²) < 4.78 is 28.9. The van der Waals surface area contributed by atoms with Crippen molar-refractivity contribution in [3.8, 4) is 11.5 Å². The first kappa shape index (κ1) is 23.3. The van der Waals surface area contributed by atoms with Gasteiger partial charge in [0, 0.05) is 24.1 Å². The van der Waals surface area contributed by atoms with Gasteiger partial charge in [-0.25, -0.2) is 18.8 Å². The molecule has 160 valence electrons. The van der Waals surface area contributed by atoms with Gasteiger partial charge in [0.2, 0.25) is 0 Å². The monoisotopic (exact) mass is 424 g/mol. The molecule has 0 heterocycles. The topological polar surface area (TPSA) is 78.9 Å². The summed E-state index contributed by atoms with van der Waals surface area (Å²) in [5.41, 5.74) is 1.62. The number of esters is 3. The highest BCUT2D eigenvalue weighted by molar-refractivity contribution is 5.89. The molecule has 0 aliphatic carbocycles. The van der Waals surface area contributed by atoms with Gasteiger partial charge in [0.15, 0.2) is 11.6 Å². The van der Waals surface area contributed by atoms with Crippen LogP contribution in [0, 0.1) is 5.82 Å². The Morgan fingerprint density at radius 2 is 1.74 bits per heavy atom. The summed E-state index contributed by atoms with van der Waals surface area (Å²) in [6, 6.07) is 10.6. The summed E-state index contributed by atoms with van der Waals surface area (Å²) in [5.74, 6) is -2.52. The summed E-state index contributed by atoms with van der Waals surface area (Å²) in [5, 5.41) is 0. The average molecular weight is 424 g/mol. The molecule has 0 aromatic heterocycles. The maximum Gasteiger partial charge on any atom is 0.336 e. The molecule has 0 bridgehead atoms. The predicted molar refractivity (Wildman–Crippen MR) is 113 cm³/mol. The van der Waals surface area contributed by atoms with Crippen molar-refractivity contribution in [2.45, 2.75) is 13.3 Å². The van der Waals surface area contributed by atoms with Crippen LogP contribution in [-0.2, 0) is 25.5 Å². The number of benzene rings is 2. The van der Waals surface area contributed by atoms with E-state index in [1.165, 1.54) is 18.2 Å². The first-order valence-corrected chi connectivity index (χ1v) is 9.23. The van der Waals surface area contributed by atoms with Gasteiger partial charge in [-0.15, -0.1) is 0 Å². The molecule has 0 fully saturated rings. The number of carbonyl (C=O) groups excluding carboxylic acids is 3. The molecule has 7 heteroatoms. The molecule has 2 rings (SSSR count). The Kier molecular flexibility index (Phi) is 8.45. The maximum atomic E-state index is 13.9. The van der Waals surface area contributed by atoms with Crippen molar-refractivity contribution in [3.05, 3.63) is 90.3 Å². The van der Waals surface area contributed by atoms with Crippen molar-refractivity contribution in [2.24, 2.45) is 0 Å². The van der Waals surface area contributed by atoms with E-state index in [-0.39, 0.29) is 12.4 Å². The molecule has 0 aliphatic heterocycles. The zero-order valence-corrected chi connectivity index (χ0v) is 16.9. The summed E-state index contributed by atoms with van der Waals surface area (Å²) >= 11 is 0. The molecule has 0 spiro atoms. The number of rotatable bonds is 9. The lowest BCUT2D eigenvalue weighted by atomic mass is 10.1. The minimum Gasteiger partial charge on any atom is -0.462 e. The largest absolute Gasteiger partial charge is 0.462 e. The number of hydrogen-bond donors (Lipinski definition) is 0. The van der Waals surface area contributed by atoms with Gasteiger partial charge in [0.05, 0.1) is 6.61 Å². The average Bonchev–Trinajstić information content (AvgIpc) is 2.75. The van der Waals surface area contributed by atoms with Crippen LogP contribution < -0.4 is 9.47 Å². The van der Waals surface area contributed by atoms with Gasteiger partial charge < -0.3 is 14.2 Å². The molecule has 31 heavy (non-hydrogen) atoms. The lowest BCUT2D eigenvalue weighted by Gasteiger charge is -2.06. The first-order chi connectivity index (χ1) is 14.8. The lowest BCUT2D eigenvalue weighted by Crippen LogP contribution is -2.08. The van der Waals surface area contributed by atoms with E-state index in [2.05, 4.69) is 13.2 Å². The van der Waals surface area contributed by atoms with Crippen molar-refractivity contribution >= 4 is 24.0 Å². The molecular formula is C24H21FO6. The summed E-state index contributed by atoms with van der Waals surface area (Å²) in [4.78, 5) is 34.4. The number of carbonyl (C=O) groups is 3. The Morgan fingerprint density at radius 1 is 1.03 bits per heavy atom. The van der Waals surface area contributed by atoms with Gasteiger partial charge in [-0.1, -0.05) is 31.4 Å². The number of hydrogen-bond acceptors (Lipinski definition) is 6. The van der Waals surface area contributed by atoms with Gasteiger partial charge >= 0.3 is 17.9 Å². The fourth-order valence-corrected chi connectivity index (χ4v) is 2.28. The van der Waals surface area contributed by atoms with E-state index >= 15 is 0 Å². The Balaban J connectivity index is 1.87. The molecular weight excluding hydrogens is 403 g/mol. The first-order valence-electron chi connectivity index (χ1n) is 9.23. The second kappa shape index (κ2) is 11.3. The molecule has 0 saturated heterocycles. The van der Waals surface area contributed by atoms with E-state index in [0.717, 1.165) is 23.8 Å². The molecule has 0 aliphatic rings. The molecule has 0 radical (unpaired) electrons. The minimum absolute atomic E-state index is 0.218. The molecule has 0 atom stereocenters. The Bertz CT molecular complexity index is 1020. The Labute approximate surface area is 179 Å². The Morgan fingerprint density at radius 3 is 2.35 bits per heavy atom. The van der Waals surface area contributed by atoms with Crippen LogP contribution in [-0.4, -0.2) is 24.5 Å². The summed E-state index contributed by atoms with van der Waals surface area (Å²) in [6.07, 6.45) is 3.95. The van der Waals surface area contributed by atoms with E-state index in [1.807, 2.05) is 0 Å². The minimum atomic E-state index is -0.773. The van der Waals surface area contributed by atoms with Crippen molar-refractivity contribution in [1.29, 1.82) is 0 Å². The third kappa shape index (κ3) is 7.74. The fraction of sp³-hybridized carbons (Fsp3) is 0.125.